The van der Waals surface area contributed by atoms with E-state index in [4.69, 9.17) is 9.73 Å². The number of nitro benzene ring substituents is 1. The molecule has 0 spiro atoms. The third-order valence-corrected chi connectivity index (χ3v) is 4.44. The summed E-state index contributed by atoms with van der Waals surface area (Å²) in [7, 11) is 0. The van der Waals surface area contributed by atoms with Crippen LogP contribution in [-0.2, 0) is 0 Å². The highest BCUT2D eigenvalue weighted by Crippen LogP contribution is 2.30. The molecule has 4 rings (SSSR count). The Morgan fingerprint density at radius 2 is 1.76 bits per heavy atom. The number of ether oxygens (including phenoxy) is 1. The molecule has 0 bridgehead atoms. The van der Waals surface area contributed by atoms with Crippen LogP contribution in [0.25, 0.3) is 0 Å². The number of aliphatic imine (C=N–C) groups is 1. The van der Waals surface area contributed by atoms with E-state index in [2.05, 4.69) is 10.5 Å². The van der Waals surface area contributed by atoms with Gasteiger partial charge in [0.15, 0.2) is 5.84 Å². The number of benzene rings is 3. The summed E-state index contributed by atoms with van der Waals surface area (Å²) in [5, 5.41) is 15.6. The van der Waals surface area contributed by atoms with Crippen molar-refractivity contribution in [3.05, 3.63) is 99.6 Å². The molecule has 144 valence electrons. The summed E-state index contributed by atoms with van der Waals surface area (Å²) in [4.78, 5) is 15.3. The molecule has 0 amide bonds. The summed E-state index contributed by atoms with van der Waals surface area (Å²) in [6, 6.07) is 21.7. The Bertz CT molecular complexity index is 1110. The third kappa shape index (κ3) is 3.84. The van der Waals surface area contributed by atoms with E-state index in [-0.39, 0.29) is 5.69 Å². The molecule has 1 aliphatic heterocycles. The molecule has 29 heavy (non-hydrogen) atoms. The summed E-state index contributed by atoms with van der Waals surface area (Å²) in [6.45, 7) is 2.46. The van der Waals surface area contributed by atoms with E-state index in [1.807, 2.05) is 55.5 Å². The molecular formula is C22H18N4O3. The predicted octanol–water partition coefficient (Wildman–Crippen LogP) is 4.43. The number of nitro groups is 1. The van der Waals surface area contributed by atoms with Gasteiger partial charge in [0, 0.05) is 28.8 Å². The molecule has 0 saturated carbocycles. The molecule has 1 aliphatic rings. The van der Waals surface area contributed by atoms with Crippen LogP contribution in [0.2, 0.25) is 0 Å². The number of amidine groups is 1. The van der Waals surface area contributed by atoms with E-state index in [0.717, 1.165) is 22.4 Å². The van der Waals surface area contributed by atoms with Crippen LogP contribution in [0.1, 0.15) is 23.6 Å². The number of nitrogens with one attached hydrogen (secondary N) is 1. The molecule has 1 N–H and O–H groups in total. The fourth-order valence-corrected chi connectivity index (χ4v) is 3.06. The van der Waals surface area contributed by atoms with Gasteiger partial charge in [-0.2, -0.15) is 5.10 Å². The minimum absolute atomic E-state index is 0.0282. The van der Waals surface area contributed by atoms with Crippen molar-refractivity contribution in [1.82, 2.24) is 5.43 Å². The van der Waals surface area contributed by atoms with Gasteiger partial charge in [0.2, 0.25) is 0 Å². The fourth-order valence-electron chi connectivity index (χ4n) is 3.06. The van der Waals surface area contributed by atoms with E-state index >= 15 is 0 Å². The molecule has 0 unspecified atom stereocenters. The number of hydrazone groups is 1. The van der Waals surface area contributed by atoms with Crippen molar-refractivity contribution >= 4 is 22.9 Å². The van der Waals surface area contributed by atoms with Gasteiger partial charge in [0.25, 0.3) is 5.69 Å². The Labute approximate surface area is 167 Å². The highest BCUT2D eigenvalue weighted by Gasteiger charge is 2.19. The maximum Gasteiger partial charge on any atom is 0.269 e. The molecule has 7 nitrogen and oxygen atoms in total. The van der Waals surface area contributed by atoms with Crippen LogP contribution >= 0.6 is 0 Å². The smallest absolute Gasteiger partial charge is 0.269 e. The van der Waals surface area contributed by atoms with Gasteiger partial charge in [-0.15, -0.1) is 0 Å². The Balaban J connectivity index is 1.83. The summed E-state index contributed by atoms with van der Waals surface area (Å²) in [5.74, 6) is 1.33. The molecule has 0 radical (unpaired) electrons. The van der Waals surface area contributed by atoms with E-state index < -0.39 is 4.92 Å². The third-order valence-electron chi connectivity index (χ3n) is 4.44. The lowest BCUT2D eigenvalue weighted by atomic mass is 10.00. The van der Waals surface area contributed by atoms with Crippen LogP contribution in [0.4, 0.5) is 11.4 Å². The van der Waals surface area contributed by atoms with E-state index in [9.17, 15) is 10.1 Å². The molecule has 0 aliphatic carbocycles. The summed E-state index contributed by atoms with van der Waals surface area (Å²) >= 11 is 0. The average molecular weight is 386 g/mol. The zero-order chi connectivity index (χ0) is 20.2. The van der Waals surface area contributed by atoms with Crippen molar-refractivity contribution in [2.24, 2.45) is 10.1 Å². The van der Waals surface area contributed by atoms with Crippen LogP contribution in [0.15, 0.2) is 82.9 Å². The number of non-ortho nitro benzene ring substituents is 1. The van der Waals surface area contributed by atoms with Crippen molar-refractivity contribution in [3.8, 4) is 5.75 Å². The van der Waals surface area contributed by atoms with Crippen molar-refractivity contribution in [3.63, 3.8) is 0 Å². The highest BCUT2D eigenvalue weighted by atomic mass is 16.6. The first-order valence-electron chi connectivity index (χ1n) is 9.15. The van der Waals surface area contributed by atoms with Crippen molar-refractivity contribution in [1.29, 1.82) is 0 Å². The molecular weight excluding hydrogens is 368 g/mol. The first kappa shape index (κ1) is 18.4. The SMILES string of the molecule is CCOc1ccc2c(c1)C(c1ccc([N+](=O)[O-])cc1)=NNC(c1ccccc1)=N2. The van der Waals surface area contributed by atoms with Crippen molar-refractivity contribution < 1.29 is 9.66 Å². The zero-order valence-electron chi connectivity index (χ0n) is 15.7. The molecule has 3 aromatic rings. The van der Waals surface area contributed by atoms with Crippen LogP contribution < -0.4 is 10.2 Å². The summed E-state index contributed by atoms with van der Waals surface area (Å²) in [5.41, 5.74) is 6.86. The summed E-state index contributed by atoms with van der Waals surface area (Å²) < 4.78 is 5.65. The van der Waals surface area contributed by atoms with Gasteiger partial charge in [-0.1, -0.05) is 30.3 Å². The number of hydrogen-bond donors (Lipinski definition) is 1. The normalized spacial score (nSPS) is 12.7. The lowest BCUT2D eigenvalue weighted by Gasteiger charge is -2.10. The second-order valence-electron chi connectivity index (χ2n) is 6.31. The number of nitrogens with zero attached hydrogens (tertiary/aromatic N) is 3. The summed E-state index contributed by atoms with van der Waals surface area (Å²) in [6.07, 6.45) is 0. The van der Waals surface area contributed by atoms with Gasteiger partial charge in [-0.05, 0) is 37.3 Å². The zero-order valence-corrected chi connectivity index (χ0v) is 15.7. The average Bonchev–Trinajstić information content (AvgIpc) is 2.94. The molecule has 0 saturated heterocycles. The van der Waals surface area contributed by atoms with Crippen LogP contribution in [-0.4, -0.2) is 23.1 Å². The maximum atomic E-state index is 11.0. The van der Waals surface area contributed by atoms with E-state index in [1.165, 1.54) is 12.1 Å². The fraction of sp³-hybridized carbons (Fsp3) is 0.0909. The Hall–Kier alpha value is -4.00. The lowest BCUT2D eigenvalue weighted by Crippen LogP contribution is -2.19. The van der Waals surface area contributed by atoms with Gasteiger partial charge in [-0.25, -0.2) is 4.99 Å². The minimum Gasteiger partial charge on any atom is -0.494 e. The van der Waals surface area contributed by atoms with E-state index in [0.29, 0.717) is 23.9 Å². The van der Waals surface area contributed by atoms with Gasteiger partial charge in [-0.3, -0.25) is 15.5 Å². The molecule has 3 aromatic carbocycles. The molecule has 1 heterocycles. The maximum absolute atomic E-state index is 11.0. The lowest BCUT2D eigenvalue weighted by molar-refractivity contribution is -0.384. The highest BCUT2D eigenvalue weighted by molar-refractivity contribution is 6.18. The van der Waals surface area contributed by atoms with Crippen LogP contribution in [0.3, 0.4) is 0 Å². The van der Waals surface area contributed by atoms with Crippen molar-refractivity contribution in [2.75, 3.05) is 6.61 Å². The van der Waals surface area contributed by atoms with Gasteiger partial charge < -0.3 is 4.74 Å². The Morgan fingerprint density at radius 1 is 1.00 bits per heavy atom. The minimum atomic E-state index is -0.422. The number of rotatable bonds is 5. The molecule has 0 aromatic heterocycles. The van der Waals surface area contributed by atoms with Gasteiger partial charge in [0.05, 0.1) is 17.2 Å². The standard InChI is InChI=1S/C22H18N4O3/c1-2-29-18-12-13-20-19(14-18)21(15-8-10-17(11-9-15)26(27)28)24-25-22(23-20)16-6-4-3-5-7-16/h3-14H,2H2,1H3,(H,23,25). The number of fused-ring (bicyclic) bond motifs is 1. The second-order valence-corrected chi connectivity index (χ2v) is 6.31. The number of hydrogen-bond acceptors (Lipinski definition) is 6. The largest absolute Gasteiger partial charge is 0.494 e. The molecule has 0 fully saturated rings. The first-order valence-corrected chi connectivity index (χ1v) is 9.15. The van der Waals surface area contributed by atoms with E-state index in [1.54, 1.807) is 12.1 Å². The monoisotopic (exact) mass is 386 g/mol. The van der Waals surface area contributed by atoms with Gasteiger partial charge in [0.1, 0.15) is 11.5 Å². The Kier molecular flexibility index (Phi) is 5.03. The molecule has 7 heteroatoms. The second kappa shape index (κ2) is 7.93. The Morgan fingerprint density at radius 3 is 2.45 bits per heavy atom. The van der Waals surface area contributed by atoms with Crippen LogP contribution in [0, 0.1) is 10.1 Å². The first-order chi connectivity index (χ1) is 14.2. The molecule has 0 atom stereocenters. The topological polar surface area (TPSA) is 89.1 Å². The van der Waals surface area contributed by atoms with Crippen LogP contribution in [0.5, 0.6) is 5.75 Å². The quantitative estimate of drug-likeness (QED) is 0.519. The predicted molar refractivity (Wildman–Crippen MR) is 112 cm³/mol. The van der Waals surface area contributed by atoms with Crippen molar-refractivity contribution in [2.45, 2.75) is 6.92 Å². The van der Waals surface area contributed by atoms with Gasteiger partial charge >= 0.3 is 0 Å².